The third-order valence-electron chi connectivity index (χ3n) is 4.12. The molecule has 2 heterocycles. The fourth-order valence-electron chi connectivity index (χ4n) is 2.95. The average Bonchev–Trinajstić information content (AvgIpc) is 3.07. The molecule has 1 aliphatic rings. The topological polar surface area (TPSA) is 40.5 Å². The Morgan fingerprint density at radius 1 is 1.23 bits per heavy atom. The molecule has 0 amide bonds. The van der Waals surface area contributed by atoms with Gasteiger partial charge in [0.2, 0.25) is 0 Å². The molecule has 4 heteroatoms. The zero-order valence-corrected chi connectivity index (χ0v) is 12.9. The molecule has 0 spiro atoms. The number of nitrogens with zero attached hydrogens (tertiary/aromatic N) is 3. The predicted octanol–water partition coefficient (Wildman–Crippen LogP) is 2.65. The maximum absolute atomic E-state index is 4.42. The van der Waals surface area contributed by atoms with Gasteiger partial charge in [-0.25, -0.2) is 0 Å². The first-order valence-electron chi connectivity index (χ1n) is 7.77. The highest BCUT2D eigenvalue weighted by molar-refractivity contribution is 5.80. The van der Waals surface area contributed by atoms with Crippen molar-refractivity contribution >= 4 is 5.96 Å². The van der Waals surface area contributed by atoms with E-state index in [0.717, 1.165) is 24.7 Å². The minimum Gasteiger partial charge on any atom is -0.351 e. The van der Waals surface area contributed by atoms with Crippen molar-refractivity contribution in [1.29, 1.82) is 0 Å². The van der Waals surface area contributed by atoms with Crippen LogP contribution in [0, 0.1) is 0 Å². The molecule has 1 unspecified atom stereocenters. The fourth-order valence-corrected chi connectivity index (χ4v) is 2.95. The van der Waals surface area contributed by atoms with Crippen molar-refractivity contribution in [1.82, 2.24) is 15.2 Å². The lowest BCUT2D eigenvalue weighted by atomic mass is 9.99. The first-order chi connectivity index (χ1) is 10.9. The summed E-state index contributed by atoms with van der Waals surface area (Å²) in [5.41, 5.74) is 2.45. The summed E-state index contributed by atoms with van der Waals surface area (Å²) < 4.78 is 0. The highest BCUT2D eigenvalue weighted by Gasteiger charge is 2.25. The van der Waals surface area contributed by atoms with Crippen molar-refractivity contribution in [3.8, 4) is 0 Å². The van der Waals surface area contributed by atoms with Crippen molar-refractivity contribution in [2.75, 3.05) is 20.1 Å². The van der Waals surface area contributed by atoms with Gasteiger partial charge in [0.15, 0.2) is 5.96 Å². The number of likely N-dealkylation sites (tertiary alicyclic amines) is 1. The lowest BCUT2D eigenvalue weighted by Gasteiger charge is -2.21. The van der Waals surface area contributed by atoms with Crippen LogP contribution in [0.4, 0.5) is 0 Å². The monoisotopic (exact) mass is 294 g/mol. The van der Waals surface area contributed by atoms with E-state index in [1.165, 1.54) is 12.0 Å². The Hall–Kier alpha value is -2.36. The quantitative estimate of drug-likeness (QED) is 0.699. The third-order valence-corrected chi connectivity index (χ3v) is 4.12. The van der Waals surface area contributed by atoms with Crippen LogP contribution in [0.1, 0.15) is 23.6 Å². The van der Waals surface area contributed by atoms with E-state index < -0.39 is 0 Å². The summed E-state index contributed by atoms with van der Waals surface area (Å²) >= 11 is 0. The Balaban J connectivity index is 1.59. The molecule has 1 fully saturated rings. The molecule has 0 aliphatic carbocycles. The van der Waals surface area contributed by atoms with Crippen molar-refractivity contribution in [2.24, 2.45) is 4.99 Å². The molecule has 22 heavy (non-hydrogen) atoms. The van der Waals surface area contributed by atoms with Crippen LogP contribution >= 0.6 is 0 Å². The number of hydrogen-bond acceptors (Lipinski definition) is 2. The number of aromatic nitrogens is 1. The number of benzene rings is 1. The first-order valence-corrected chi connectivity index (χ1v) is 7.77. The second-order valence-corrected chi connectivity index (χ2v) is 5.56. The molecule has 2 aromatic rings. The Kier molecular flexibility index (Phi) is 4.68. The van der Waals surface area contributed by atoms with E-state index in [2.05, 4.69) is 50.5 Å². The molecule has 0 radical (unpaired) electrons. The smallest absolute Gasteiger partial charge is 0.193 e. The summed E-state index contributed by atoms with van der Waals surface area (Å²) in [6.07, 6.45) is 3.00. The molecular weight excluding hydrogens is 272 g/mol. The van der Waals surface area contributed by atoms with E-state index in [1.54, 1.807) is 0 Å². The summed E-state index contributed by atoms with van der Waals surface area (Å²) in [6, 6.07) is 16.7. The maximum Gasteiger partial charge on any atom is 0.193 e. The highest BCUT2D eigenvalue weighted by Crippen LogP contribution is 2.26. The second-order valence-electron chi connectivity index (χ2n) is 5.56. The Morgan fingerprint density at radius 2 is 2.05 bits per heavy atom. The van der Waals surface area contributed by atoms with Crippen LogP contribution in [0.25, 0.3) is 0 Å². The van der Waals surface area contributed by atoms with Gasteiger partial charge in [0.25, 0.3) is 0 Å². The van der Waals surface area contributed by atoms with Gasteiger partial charge in [-0.1, -0.05) is 36.4 Å². The van der Waals surface area contributed by atoms with Crippen molar-refractivity contribution in [3.05, 3.63) is 66.0 Å². The third kappa shape index (κ3) is 3.45. The van der Waals surface area contributed by atoms with Crippen molar-refractivity contribution in [3.63, 3.8) is 0 Å². The number of rotatable bonds is 3. The van der Waals surface area contributed by atoms with Gasteiger partial charge in [0, 0.05) is 32.3 Å². The average molecular weight is 294 g/mol. The van der Waals surface area contributed by atoms with Gasteiger partial charge in [-0.15, -0.1) is 0 Å². The number of nitrogens with one attached hydrogen (secondary N) is 1. The molecule has 1 aliphatic heterocycles. The Labute approximate surface area is 131 Å². The standard InChI is InChI=1S/C18H22N4/c1-19-18(21-13-17-9-5-6-11-20-17)22-12-10-16(14-22)15-7-3-2-4-8-15/h2-9,11,16H,10,12-14H2,1H3,(H,19,21). The first kappa shape index (κ1) is 14.6. The van der Waals surface area contributed by atoms with Gasteiger partial charge < -0.3 is 10.2 Å². The number of guanidine groups is 1. The van der Waals surface area contributed by atoms with Gasteiger partial charge in [0.1, 0.15) is 0 Å². The Bertz CT molecular complexity index is 609. The zero-order chi connectivity index (χ0) is 15.2. The van der Waals surface area contributed by atoms with E-state index in [1.807, 2.05) is 31.4 Å². The molecule has 1 aromatic heterocycles. The largest absolute Gasteiger partial charge is 0.351 e. The Morgan fingerprint density at radius 3 is 2.77 bits per heavy atom. The zero-order valence-electron chi connectivity index (χ0n) is 12.9. The van der Waals surface area contributed by atoms with Crippen molar-refractivity contribution < 1.29 is 0 Å². The summed E-state index contributed by atoms with van der Waals surface area (Å²) in [4.78, 5) is 11.1. The number of hydrogen-bond donors (Lipinski definition) is 1. The molecule has 1 saturated heterocycles. The molecule has 0 bridgehead atoms. The van der Waals surface area contributed by atoms with Gasteiger partial charge in [-0.3, -0.25) is 9.98 Å². The molecule has 1 N–H and O–H groups in total. The van der Waals surface area contributed by atoms with Gasteiger partial charge in [0.05, 0.1) is 12.2 Å². The van der Waals surface area contributed by atoms with Gasteiger partial charge >= 0.3 is 0 Å². The van der Waals surface area contributed by atoms with E-state index in [4.69, 9.17) is 0 Å². The van der Waals surface area contributed by atoms with Crippen molar-refractivity contribution in [2.45, 2.75) is 18.9 Å². The number of aliphatic imine (C=N–C) groups is 1. The van der Waals surface area contributed by atoms with Crippen LogP contribution in [0.5, 0.6) is 0 Å². The minimum absolute atomic E-state index is 0.592. The summed E-state index contributed by atoms with van der Waals surface area (Å²) in [6.45, 7) is 2.77. The van der Waals surface area contributed by atoms with E-state index >= 15 is 0 Å². The lowest BCUT2D eigenvalue weighted by molar-refractivity contribution is 0.485. The molecule has 114 valence electrons. The molecule has 0 saturated carbocycles. The molecule has 1 atom stereocenters. The van der Waals surface area contributed by atoms with E-state index in [0.29, 0.717) is 12.5 Å². The molecule has 4 nitrogen and oxygen atoms in total. The van der Waals surface area contributed by atoms with Crippen LogP contribution in [-0.4, -0.2) is 36.0 Å². The minimum atomic E-state index is 0.592. The maximum atomic E-state index is 4.42. The van der Waals surface area contributed by atoms with E-state index in [9.17, 15) is 0 Å². The molecule has 1 aromatic carbocycles. The van der Waals surface area contributed by atoms with Crippen LogP contribution in [0.2, 0.25) is 0 Å². The molecule has 3 rings (SSSR count). The lowest BCUT2D eigenvalue weighted by Crippen LogP contribution is -2.39. The summed E-state index contributed by atoms with van der Waals surface area (Å²) in [5.74, 6) is 1.55. The highest BCUT2D eigenvalue weighted by atomic mass is 15.3. The summed E-state index contributed by atoms with van der Waals surface area (Å²) in [5, 5.41) is 3.41. The number of pyridine rings is 1. The van der Waals surface area contributed by atoms with Gasteiger partial charge in [-0.05, 0) is 24.1 Å². The predicted molar refractivity (Wildman–Crippen MR) is 89.8 cm³/mol. The van der Waals surface area contributed by atoms with Crippen LogP contribution in [0.15, 0.2) is 59.7 Å². The fraction of sp³-hybridized carbons (Fsp3) is 0.333. The molecular formula is C18H22N4. The van der Waals surface area contributed by atoms with Crippen LogP contribution in [0.3, 0.4) is 0 Å². The SMILES string of the molecule is CN=C(NCc1ccccn1)N1CCC(c2ccccc2)C1. The summed E-state index contributed by atoms with van der Waals surface area (Å²) in [7, 11) is 1.84. The van der Waals surface area contributed by atoms with Crippen LogP contribution in [-0.2, 0) is 6.54 Å². The van der Waals surface area contributed by atoms with Crippen LogP contribution < -0.4 is 5.32 Å². The van der Waals surface area contributed by atoms with Gasteiger partial charge in [-0.2, -0.15) is 0 Å². The normalized spacial score (nSPS) is 18.5. The van der Waals surface area contributed by atoms with E-state index in [-0.39, 0.29) is 0 Å². The second kappa shape index (κ2) is 7.07.